The van der Waals surface area contributed by atoms with Crippen molar-refractivity contribution in [1.29, 1.82) is 0 Å². The topological polar surface area (TPSA) is 116 Å². The molecule has 0 aliphatic rings. The number of anilines is 1. The number of amides is 1. The van der Waals surface area contributed by atoms with Crippen LogP contribution in [-0.4, -0.2) is 39.1 Å². The molecule has 1 heterocycles. The summed E-state index contributed by atoms with van der Waals surface area (Å²) >= 11 is 4.68. The van der Waals surface area contributed by atoms with Crippen LogP contribution in [0.4, 0.5) is 5.69 Å². The zero-order chi connectivity index (χ0) is 25.9. The van der Waals surface area contributed by atoms with Gasteiger partial charge in [-0.3, -0.25) is 14.3 Å². The van der Waals surface area contributed by atoms with E-state index in [0.29, 0.717) is 10.6 Å². The SMILES string of the molecule is COC(=O)Cn1c(=NC(=O)c2ccc(NS(=O)(=O)c3ccc(OC)cc3)cc2)sc2cc(Br)ccc21. The number of methoxy groups -OCH3 is 2. The van der Waals surface area contributed by atoms with Crippen molar-refractivity contribution in [2.24, 2.45) is 4.99 Å². The molecule has 1 amide bonds. The van der Waals surface area contributed by atoms with Gasteiger partial charge in [-0.05, 0) is 66.7 Å². The highest BCUT2D eigenvalue weighted by Gasteiger charge is 2.16. The molecule has 0 bridgehead atoms. The standard InChI is InChI=1S/C24H20BrN3O6S2/c1-33-18-8-10-19(11-9-18)36(31,32)27-17-6-3-15(4-7-17)23(30)26-24-28(14-22(29)34-2)20-12-5-16(25)13-21(20)35-24/h3-13,27H,14H2,1-2H3. The third-order valence-corrected chi connectivity index (χ3v) is 8.04. The van der Waals surface area contributed by atoms with E-state index in [1.165, 1.54) is 62.0 Å². The number of nitrogens with zero attached hydrogens (tertiary/aromatic N) is 2. The van der Waals surface area contributed by atoms with Gasteiger partial charge in [0.1, 0.15) is 12.3 Å². The van der Waals surface area contributed by atoms with E-state index in [2.05, 4.69) is 25.6 Å². The normalized spacial score (nSPS) is 11.9. The zero-order valence-corrected chi connectivity index (χ0v) is 22.3. The molecule has 12 heteroatoms. The number of ether oxygens (including phenoxy) is 2. The van der Waals surface area contributed by atoms with Crippen molar-refractivity contribution in [3.63, 3.8) is 0 Å². The van der Waals surface area contributed by atoms with Gasteiger partial charge in [0.15, 0.2) is 4.80 Å². The Bertz CT molecular complexity index is 1610. The van der Waals surface area contributed by atoms with Crippen molar-refractivity contribution in [2.45, 2.75) is 11.4 Å². The maximum Gasteiger partial charge on any atom is 0.325 e. The smallest absolute Gasteiger partial charge is 0.325 e. The summed E-state index contributed by atoms with van der Waals surface area (Å²) in [5.74, 6) is -0.469. The van der Waals surface area contributed by atoms with Crippen molar-refractivity contribution < 1.29 is 27.5 Å². The summed E-state index contributed by atoms with van der Waals surface area (Å²) in [6.45, 7) is -0.101. The average molecular weight is 590 g/mol. The molecule has 0 aliphatic carbocycles. The molecule has 1 aromatic heterocycles. The maximum atomic E-state index is 12.9. The Morgan fingerprint density at radius 2 is 1.72 bits per heavy atom. The van der Waals surface area contributed by atoms with Gasteiger partial charge in [0, 0.05) is 15.7 Å². The Hall–Kier alpha value is -3.48. The van der Waals surface area contributed by atoms with E-state index in [4.69, 9.17) is 9.47 Å². The lowest BCUT2D eigenvalue weighted by Gasteiger charge is -2.09. The lowest BCUT2D eigenvalue weighted by atomic mass is 10.2. The number of thiazole rings is 1. The summed E-state index contributed by atoms with van der Waals surface area (Å²) in [6.07, 6.45) is 0. The Morgan fingerprint density at radius 3 is 2.36 bits per heavy atom. The molecule has 0 spiro atoms. The van der Waals surface area contributed by atoms with E-state index in [1.54, 1.807) is 16.7 Å². The van der Waals surface area contributed by atoms with Crippen LogP contribution >= 0.6 is 27.3 Å². The van der Waals surface area contributed by atoms with E-state index >= 15 is 0 Å². The van der Waals surface area contributed by atoms with Gasteiger partial charge in [0.2, 0.25) is 0 Å². The average Bonchev–Trinajstić information content (AvgIpc) is 3.19. The molecule has 9 nitrogen and oxygen atoms in total. The largest absolute Gasteiger partial charge is 0.497 e. The van der Waals surface area contributed by atoms with Crippen LogP contribution in [0.3, 0.4) is 0 Å². The number of benzene rings is 3. The van der Waals surface area contributed by atoms with Gasteiger partial charge < -0.3 is 14.0 Å². The van der Waals surface area contributed by atoms with Crippen LogP contribution in [0.15, 0.2) is 81.1 Å². The molecule has 186 valence electrons. The fourth-order valence-electron chi connectivity index (χ4n) is 3.28. The Morgan fingerprint density at radius 1 is 1.03 bits per heavy atom. The number of hydrogen-bond acceptors (Lipinski definition) is 7. The Kier molecular flexibility index (Phi) is 7.57. The van der Waals surface area contributed by atoms with Crippen molar-refractivity contribution in [1.82, 2.24) is 4.57 Å². The highest BCUT2D eigenvalue weighted by atomic mass is 79.9. The fraction of sp³-hybridized carbons (Fsp3) is 0.125. The van der Waals surface area contributed by atoms with E-state index in [1.807, 2.05) is 18.2 Å². The number of rotatable bonds is 7. The second kappa shape index (κ2) is 10.6. The van der Waals surface area contributed by atoms with Gasteiger partial charge in [0.25, 0.3) is 15.9 Å². The van der Waals surface area contributed by atoms with Gasteiger partial charge in [0.05, 0.1) is 29.3 Å². The zero-order valence-electron chi connectivity index (χ0n) is 19.1. The Balaban J connectivity index is 1.60. The number of esters is 1. The van der Waals surface area contributed by atoms with E-state index in [-0.39, 0.29) is 22.7 Å². The summed E-state index contributed by atoms with van der Waals surface area (Å²) in [5, 5.41) is 0. The molecule has 1 N–H and O–H groups in total. The lowest BCUT2D eigenvalue weighted by Crippen LogP contribution is -2.22. The summed E-state index contributed by atoms with van der Waals surface area (Å²) < 4.78 is 40.9. The number of carbonyl (C=O) groups excluding carboxylic acids is 2. The summed E-state index contributed by atoms with van der Waals surface area (Å²) in [5.41, 5.74) is 1.28. The molecule has 3 aromatic carbocycles. The van der Waals surface area contributed by atoms with Crippen LogP contribution in [0.5, 0.6) is 5.75 Å². The number of carbonyl (C=O) groups is 2. The van der Waals surface area contributed by atoms with Gasteiger partial charge in [-0.25, -0.2) is 8.42 Å². The molecule has 0 aliphatic heterocycles. The molecule has 4 rings (SSSR count). The van der Waals surface area contributed by atoms with Crippen LogP contribution in [0.2, 0.25) is 0 Å². The predicted octanol–water partition coefficient (Wildman–Crippen LogP) is 4.19. The molecule has 0 atom stereocenters. The van der Waals surface area contributed by atoms with Crippen LogP contribution in [0.1, 0.15) is 10.4 Å². The van der Waals surface area contributed by atoms with Gasteiger partial charge >= 0.3 is 5.97 Å². The summed E-state index contributed by atoms with van der Waals surface area (Å²) in [4.78, 5) is 29.5. The van der Waals surface area contributed by atoms with Gasteiger partial charge in [-0.1, -0.05) is 27.3 Å². The molecule has 4 aromatic rings. The maximum absolute atomic E-state index is 12.9. The third-order valence-electron chi connectivity index (χ3n) is 5.11. The lowest BCUT2D eigenvalue weighted by molar-refractivity contribution is -0.141. The fourth-order valence-corrected chi connectivity index (χ4v) is 5.92. The van der Waals surface area contributed by atoms with Crippen molar-refractivity contribution in [3.8, 4) is 5.75 Å². The number of nitrogens with one attached hydrogen (secondary N) is 1. The minimum Gasteiger partial charge on any atom is -0.497 e. The second-order valence-electron chi connectivity index (χ2n) is 7.43. The molecule has 36 heavy (non-hydrogen) atoms. The minimum absolute atomic E-state index is 0.0741. The van der Waals surface area contributed by atoms with Crippen LogP contribution in [0, 0.1) is 0 Å². The molecular formula is C24H20BrN3O6S2. The van der Waals surface area contributed by atoms with Gasteiger partial charge in [-0.15, -0.1) is 0 Å². The third kappa shape index (κ3) is 5.66. The van der Waals surface area contributed by atoms with Crippen LogP contribution < -0.4 is 14.3 Å². The first-order chi connectivity index (χ1) is 17.2. The van der Waals surface area contributed by atoms with Crippen molar-refractivity contribution in [3.05, 3.63) is 81.6 Å². The monoisotopic (exact) mass is 589 g/mol. The number of halogens is 1. The van der Waals surface area contributed by atoms with Crippen LogP contribution in [0.25, 0.3) is 10.2 Å². The number of fused-ring (bicyclic) bond motifs is 1. The molecule has 0 radical (unpaired) electrons. The van der Waals surface area contributed by atoms with Crippen molar-refractivity contribution in [2.75, 3.05) is 18.9 Å². The molecule has 0 unspecified atom stereocenters. The van der Waals surface area contributed by atoms with E-state index < -0.39 is 21.9 Å². The molecule has 0 fully saturated rings. The quantitative estimate of drug-likeness (QED) is 0.323. The first kappa shape index (κ1) is 25.6. The van der Waals surface area contributed by atoms with Crippen molar-refractivity contribution >= 4 is 65.1 Å². The molecule has 0 saturated carbocycles. The number of hydrogen-bond donors (Lipinski definition) is 1. The molecule has 0 saturated heterocycles. The number of sulfonamides is 1. The minimum atomic E-state index is -3.82. The predicted molar refractivity (Wildman–Crippen MR) is 140 cm³/mol. The summed E-state index contributed by atoms with van der Waals surface area (Å²) in [7, 11) is -1.03. The second-order valence-corrected chi connectivity index (χ2v) is 11.0. The van der Waals surface area contributed by atoms with Gasteiger partial charge in [-0.2, -0.15) is 4.99 Å². The Labute approximate surface area is 219 Å². The van der Waals surface area contributed by atoms with E-state index in [0.717, 1.165) is 14.7 Å². The first-order valence-corrected chi connectivity index (χ1v) is 13.5. The molecular weight excluding hydrogens is 570 g/mol. The number of aromatic nitrogens is 1. The first-order valence-electron chi connectivity index (χ1n) is 10.4. The summed E-state index contributed by atoms with van der Waals surface area (Å²) in [6, 6.07) is 17.4. The highest BCUT2D eigenvalue weighted by Crippen LogP contribution is 2.23. The highest BCUT2D eigenvalue weighted by molar-refractivity contribution is 9.10. The van der Waals surface area contributed by atoms with Crippen LogP contribution in [-0.2, 0) is 26.1 Å². The van der Waals surface area contributed by atoms with E-state index in [9.17, 15) is 18.0 Å².